The molecule has 0 spiro atoms. The molecule has 29 heavy (non-hydrogen) atoms. The van der Waals surface area contributed by atoms with Gasteiger partial charge in [-0.3, -0.25) is 9.13 Å². The zero-order chi connectivity index (χ0) is 20.1. The van der Waals surface area contributed by atoms with E-state index >= 15 is 0 Å². The van der Waals surface area contributed by atoms with Gasteiger partial charge in [0.2, 0.25) is 0 Å². The van der Waals surface area contributed by atoms with E-state index in [9.17, 15) is 0 Å². The summed E-state index contributed by atoms with van der Waals surface area (Å²) in [5.41, 5.74) is 7.46. The van der Waals surface area contributed by atoms with Gasteiger partial charge in [-0.25, -0.2) is 4.98 Å². The van der Waals surface area contributed by atoms with Crippen LogP contribution >= 0.6 is 12.2 Å². The quantitative estimate of drug-likeness (QED) is 0.157. The van der Waals surface area contributed by atoms with Gasteiger partial charge in [0.25, 0.3) is 6.33 Å². The molecule has 0 aliphatic rings. The molecule has 0 radical (unpaired) electrons. The molecule has 4 aromatic rings. The molecule has 1 N–H and O–H groups in total. The fraction of sp³-hybridized carbons (Fsp3) is 0.174. The first kappa shape index (κ1) is 23.0. The van der Waals surface area contributed by atoms with Crippen LogP contribution in [-0.4, -0.2) is 14.5 Å². The van der Waals surface area contributed by atoms with Crippen molar-refractivity contribution in [2.45, 2.75) is 27.7 Å². The molecular weight excluding hydrogens is 561 g/mol. The Labute approximate surface area is 192 Å². The van der Waals surface area contributed by atoms with Gasteiger partial charge in [-0.05, 0) is 68.2 Å². The number of hydrogen-bond acceptors (Lipinski definition) is 2. The molecule has 2 heterocycles. The Morgan fingerprint density at radius 1 is 0.931 bits per heavy atom. The molecule has 6 heteroatoms. The Kier molecular flexibility index (Phi) is 8.29. The summed E-state index contributed by atoms with van der Waals surface area (Å²) in [6.07, 6.45) is 11.0. The van der Waals surface area contributed by atoms with E-state index < -0.39 is 0 Å². The second-order valence-corrected chi connectivity index (χ2v) is 7.09. The SMILES string of the molecule is Cc1cccc(C)c1-n1[c-][n+](-c2c(C)cccc2C)cc1.S=c1nccc[nH]1.[Au+]. The van der Waals surface area contributed by atoms with Gasteiger partial charge in [0, 0.05) is 24.8 Å². The number of rotatable bonds is 2. The molecule has 0 saturated carbocycles. The van der Waals surface area contributed by atoms with Crippen LogP contribution in [0, 0.1) is 38.8 Å². The van der Waals surface area contributed by atoms with Crippen LogP contribution in [0.5, 0.6) is 0 Å². The van der Waals surface area contributed by atoms with Crippen molar-refractivity contribution in [1.82, 2.24) is 14.5 Å². The Hall–Kier alpha value is -2.31. The van der Waals surface area contributed by atoms with Crippen molar-refractivity contribution in [1.29, 1.82) is 0 Å². The molecule has 0 bridgehead atoms. The van der Waals surface area contributed by atoms with Crippen LogP contribution in [0.2, 0.25) is 0 Å². The second-order valence-electron chi connectivity index (χ2n) is 6.71. The van der Waals surface area contributed by atoms with Crippen molar-refractivity contribution < 1.29 is 26.9 Å². The summed E-state index contributed by atoms with van der Waals surface area (Å²) in [5.74, 6) is 0. The zero-order valence-electron chi connectivity index (χ0n) is 16.9. The van der Waals surface area contributed by atoms with E-state index in [2.05, 4.69) is 114 Å². The molecule has 0 aliphatic heterocycles. The number of para-hydroxylation sites is 2. The predicted molar refractivity (Wildman–Crippen MR) is 115 cm³/mol. The summed E-state index contributed by atoms with van der Waals surface area (Å²) >= 11 is 4.65. The predicted octanol–water partition coefficient (Wildman–Crippen LogP) is 4.92. The largest absolute Gasteiger partial charge is 1.00 e. The van der Waals surface area contributed by atoms with E-state index in [0.717, 1.165) is 0 Å². The maximum Gasteiger partial charge on any atom is 1.00 e. The fourth-order valence-electron chi connectivity index (χ4n) is 3.25. The maximum atomic E-state index is 4.65. The summed E-state index contributed by atoms with van der Waals surface area (Å²) < 4.78 is 4.69. The van der Waals surface area contributed by atoms with Crippen molar-refractivity contribution in [3.05, 3.63) is 101 Å². The average molecular weight is 586 g/mol. The van der Waals surface area contributed by atoms with E-state index in [1.54, 1.807) is 18.5 Å². The average Bonchev–Trinajstić information content (AvgIpc) is 3.12. The van der Waals surface area contributed by atoms with Gasteiger partial charge >= 0.3 is 22.4 Å². The third-order valence-corrected chi connectivity index (χ3v) is 4.75. The van der Waals surface area contributed by atoms with E-state index in [1.807, 2.05) is 0 Å². The van der Waals surface area contributed by atoms with E-state index in [0.29, 0.717) is 4.77 Å². The molecule has 0 atom stereocenters. The Bertz CT molecular complexity index is 1020. The van der Waals surface area contributed by atoms with Crippen molar-refractivity contribution in [2.75, 3.05) is 0 Å². The number of imidazole rings is 1. The van der Waals surface area contributed by atoms with Crippen molar-refractivity contribution in [2.24, 2.45) is 0 Å². The molecule has 0 unspecified atom stereocenters. The molecule has 0 aliphatic carbocycles. The summed E-state index contributed by atoms with van der Waals surface area (Å²) in [6, 6.07) is 14.5. The number of benzene rings is 2. The van der Waals surface area contributed by atoms with Crippen LogP contribution in [0.3, 0.4) is 0 Å². The normalized spacial score (nSPS) is 9.93. The molecule has 0 fully saturated rings. The smallest absolute Gasteiger partial charge is 0.337 e. The van der Waals surface area contributed by atoms with Gasteiger partial charge in [0.1, 0.15) is 0 Å². The van der Waals surface area contributed by atoms with Crippen LogP contribution in [-0.2, 0) is 22.4 Å². The number of aryl methyl sites for hydroxylation is 4. The summed E-state index contributed by atoms with van der Waals surface area (Å²) in [4.78, 5) is 6.47. The monoisotopic (exact) mass is 585 g/mol. The molecule has 0 amide bonds. The summed E-state index contributed by atoms with van der Waals surface area (Å²) in [6.45, 7) is 8.55. The first-order chi connectivity index (χ1) is 13.5. The first-order valence-electron chi connectivity index (χ1n) is 9.12. The fourth-order valence-corrected chi connectivity index (χ4v) is 3.38. The summed E-state index contributed by atoms with van der Waals surface area (Å²) in [7, 11) is 0. The molecule has 152 valence electrons. The van der Waals surface area contributed by atoms with E-state index in [1.165, 1.54) is 33.6 Å². The second kappa shape index (κ2) is 10.5. The standard InChI is InChI=1S/C19H20N2.C4H4N2S.Au/c1-14-7-5-8-15(2)18(14)20-11-12-21(13-20)19-16(3)9-6-10-17(19)4;7-4-5-2-1-3-6-4;/h5-12H,1-4H3;1-3H,(H,5,6,7);/q;;+1. The number of aromatic amines is 1. The Morgan fingerprint density at radius 2 is 1.52 bits per heavy atom. The Morgan fingerprint density at radius 3 is 2.00 bits per heavy atom. The molecule has 2 aromatic heterocycles. The molecular formula is C23H24AuN4S+. The topological polar surface area (TPSA) is 37.5 Å². The first-order valence-corrected chi connectivity index (χ1v) is 9.53. The van der Waals surface area contributed by atoms with Crippen LogP contribution < -0.4 is 4.57 Å². The van der Waals surface area contributed by atoms with Gasteiger partial charge in [-0.15, -0.1) is 0 Å². The van der Waals surface area contributed by atoms with E-state index in [-0.39, 0.29) is 22.4 Å². The Balaban J connectivity index is 0.000000319. The third-order valence-electron chi connectivity index (χ3n) is 4.52. The van der Waals surface area contributed by atoms with Crippen LogP contribution in [0.4, 0.5) is 0 Å². The minimum absolute atomic E-state index is 0. The van der Waals surface area contributed by atoms with Crippen molar-refractivity contribution in [3.8, 4) is 11.4 Å². The van der Waals surface area contributed by atoms with Crippen LogP contribution in [0.1, 0.15) is 22.3 Å². The van der Waals surface area contributed by atoms with Crippen molar-refractivity contribution in [3.63, 3.8) is 0 Å². The number of aromatic nitrogens is 4. The van der Waals surface area contributed by atoms with Gasteiger partial charge in [-0.2, -0.15) is 0 Å². The minimum atomic E-state index is 0. The molecule has 0 saturated heterocycles. The van der Waals surface area contributed by atoms with E-state index in [4.69, 9.17) is 0 Å². The molecule has 2 aromatic carbocycles. The van der Waals surface area contributed by atoms with Gasteiger partial charge < -0.3 is 4.98 Å². The maximum absolute atomic E-state index is 4.65. The third kappa shape index (κ3) is 5.61. The summed E-state index contributed by atoms with van der Waals surface area (Å²) in [5, 5.41) is 0. The number of nitrogens with zero attached hydrogens (tertiary/aromatic N) is 3. The van der Waals surface area contributed by atoms with Gasteiger partial charge in [-0.1, -0.05) is 36.4 Å². The van der Waals surface area contributed by atoms with Gasteiger partial charge in [0.05, 0.1) is 11.4 Å². The molecule has 4 nitrogen and oxygen atoms in total. The number of H-pyrrole nitrogens is 1. The number of hydrogen-bond donors (Lipinski definition) is 1. The van der Waals surface area contributed by atoms with Gasteiger partial charge in [0.15, 0.2) is 4.77 Å². The number of nitrogens with one attached hydrogen (secondary N) is 1. The van der Waals surface area contributed by atoms with Crippen LogP contribution in [0.25, 0.3) is 11.4 Å². The molecule has 4 rings (SSSR count). The zero-order valence-corrected chi connectivity index (χ0v) is 19.9. The minimum Gasteiger partial charge on any atom is -0.337 e. The van der Waals surface area contributed by atoms with Crippen LogP contribution in [0.15, 0.2) is 67.3 Å². The van der Waals surface area contributed by atoms with Crippen molar-refractivity contribution >= 4 is 12.2 Å².